The highest BCUT2D eigenvalue weighted by Crippen LogP contribution is 2.29. The maximum absolute atomic E-state index is 12.6. The molecule has 0 bridgehead atoms. The number of aromatic nitrogens is 1. The third kappa shape index (κ3) is 2.88. The summed E-state index contributed by atoms with van der Waals surface area (Å²) in [5.41, 5.74) is 2.72. The fourth-order valence-corrected chi connectivity index (χ4v) is 3.78. The van der Waals surface area contributed by atoms with E-state index in [1.165, 1.54) is 16.9 Å². The van der Waals surface area contributed by atoms with Gasteiger partial charge in [0, 0.05) is 19.3 Å². The molecule has 1 aliphatic rings. The van der Waals surface area contributed by atoms with E-state index in [9.17, 15) is 8.42 Å². The molecule has 3 N–H and O–H groups in total. The van der Waals surface area contributed by atoms with Crippen molar-refractivity contribution in [2.45, 2.75) is 31.2 Å². The van der Waals surface area contributed by atoms with Gasteiger partial charge in [-0.3, -0.25) is 5.84 Å². The number of nitrogens with zero attached hydrogens (tertiary/aromatic N) is 2. The molecular weight excluding hydrogens is 264 g/mol. The molecule has 1 aliphatic carbocycles. The molecule has 1 fully saturated rings. The number of hydrogen-bond donors (Lipinski definition) is 2. The van der Waals surface area contributed by atoms with Crippen LogP contribution in [0.4, 0.5) is 5.69 Å². The molecule has 106 valence electrons. The van der Waals surface area contributed by atoms with Crippen LogP contribution in [0.5, 0.6) is 0 Å². The van der Waals surface area contributed by atoms with Gasteiger partial charge >= 0.3 is 0 Å². The third-order valence-electron chi connectivity index (χ3n) is 3.55. The molecule has 0 aromatic carbocycles. The molecule has 1 aromatic heterocycles. The van der Waals surface area contributed by atoms with Crippen LogP contribution in [-0.4, -0.2) is 30.8 Å². The first-order valence-corrected chi connectivity index (χ1v) is 7.95. The first kappa shape index (κ1) is 14.2. The Morgan fingerprint density at radius 1 is 1.53 bits per heavy atom. The number of anilines is 1. The number of nitrogens with two attached hydrogens (primary N) is 1. The van der Waals surface area contributed by atoms with Crippen molar-refractivity contribution in [3.63, 3.8) is 0 Å². The Morgan fingerprint density at radius 2 is 2.26 bits per heavy atom. The second-order valence-corrected chi connectivity index (χ2v) is 6.61. The van der Waals surface area contributed by atoms with E-state index >= 15 is 0 Å². The fourth-order valence-electron chi connectivity index (χ4n) is 2.19. The quantitative estimate of drug-likeness (QED) is 0.605. The molecule has 0 saturated heterocycles. The van der Waals surface area contributed by atoms with Crippen molar-refractivity contribution in [3.05, 3.63) is 18.3 Å². The Morgan fingerprint density at radius 3 is 2.79 bits per heavy atom. The fraction of sp³-hybridized carbons (Fsp3) is 0.583. The van der Waals surface area contributed by atoms with Crippen LogP contribution in [0.1, 0.15) is 26.2 Å². The summed E-state index contributed by atoms with van der Waals surface area (Å²) in [6.45, 7) is 2.85. The average Bonchev–Trinajstić information content (AvgIpc) is 2.37. The lowest BCUT2D eigenvalue weighted by Crippen LogP contribution is -2.38. The highest BCUT2D eigenvalue weighted by molar-refractivity contribution is 7.89. The molecule has 0 amide bonds. The predicted molar refractivity (Wildman–Crippen MR) is 73.8 cm³/mol. The molecule has 2 rings (SSSR count). The van der Waals surface area contributed by atoms with E-state index in [1.54, 1.807) is 12.1 Å². The normalized spacial score (nSPS) is 16.4. The molecule has 1 saturated carbocycles. The molecule has 0 atom stereocenters. The van der Waals surface area contributed by atoms with Gasteiger partial charge in [0.2, 0.25) is 0 Å². The Hall–Kier alpha value is -1.18. The number of nitrogen functional groups attached to an aromatic ring is 1. The minimum absolute atomic E-state index is 0.00123. The topological polar surface area (TPSA) is 88.3 Å². The Balaban J connectivity index is 2.28. The summed E-state index contributed by atoms with van der Waals surface area (Å²) in [7, 11) is -3.59. The Bertz CT molecular complexity index is 528. The zero-order chi connectivity index (χ0) is 13.9. The van der Waals surface area contributed by atoms with Gasteiger partial charge < -0.3 is 5.43 Å². The van der Waals surface area contributed by atoms with Gasteiger partial charge in [-0.15, -0.1) is 0 Å². The van der Waals surface area contributed by atoms with Gasteiger partial charge in [-0.25, -0.2) is 13.4 Å². The molecule has 19 heavy (non-hydrogen) atoms. The van der Waals surface area contributed by atoms with Gasteiger partial charge in [0.25, 0.3) is 10.0 Å². The van der Waals surface area contributed by atoms with Crippen LogP contribution in [-0.2, 0) is 10.0 Å². The molecule has 0 radical (unpaired) electrons. The number of rotatable bonds is 6. The smallest absolute Gasteiger partial charge is 0.262 e. The highest BCUT2D eigenvalue weighted by atomic mass is 32.2. The number of hydrogen-bond acceptors (Lipinski definition) is 5. The summed E-state index contributed by atoms with van der Waals surface area (Å²) >= 11 is 0. The van der Waals surface area contributed by atoms with Gasteiger partial charge in [-0.2, -0.15) is 4.31 Å². The van der Waals surface area contributed by atoms with E-state index in [2.05, 4.69) is 10.4 Å². The maximum Gasteiger partial charge on any atom is 0.262 e. The van der Waals surface area contributed by atoms with Crippen molar-refractivity contribution >= 4 is 15.7 Å². The van der Waals surface area contributed by atoms with E-state index in [0.29, 0.717) is 24.7 Å². The number of hydrazine groups is 1. The monoisotopic (exact) mass is 284 g/mol. The first-order valence-electron chi connectivity index (χ1n) is 6.51. The summed E-state index contributed by atoms with van der Waals surface area (Å²) in [5.74, 6) is 5.83. The minimum Gasteiger partial charge on any atom is -0.321 e. The van der Waals surface area contributed by atoms with Crippen LogP contribution in [0.2, 0.25) is 0 Å². The molecule has 0 unspecified atom stereocenters. The van der Waals surface area contributed by atoms with E-state index in [1.807, 2.05) is 6.92 Å². The first-order chi connectivity index (χ1) is 9.09. The van der Waals surface area contributed by atoms with Crippen LogP contribution in [0.15, 0.2) is 23.4 Å². The van der Waals surface area contributed by atoms with Crippen LogP contribution < -0.4 is 11.3 Å². The van der Waals surface area contributed by atoms with E-state index in [0.717, 1.165) is 12.8 Å². The summed E-state index contributed by atoms with van der Waals surface area (Å²) < 4.78 is 26.7. The zero-order valence-corrected chi connectivity index (χ0v) is 11.9. The van der Waals surface area contributed by atoms with Gasteiger partial charge in [-0.05, 0) is 30.9 Å². The van der Waals surface area contributed by atoms with E-state index < -0.39 is 10.0 Å². The summed E-state index contributed by atoms with van der Waals surface area (Å²) in [4.78, 5) is 3.97. The van der Waals surface area contributed by atoms with E-state index in [-0.39, 0.29) is 5.03 Å². The van der Waals surface area contributed by atoms with Gasteiger partial charge in [0.15, 0.2) is 5.03 Å². The molecule has 1 aromatic rings. The van der Waals surface area contributed by atoms with Crippen LogP contribution >= 0.6 is 0 Å². The summed E-state index contributed by atoms with van der Waals surface area (Å²) in [6, 6.07) is 3.26. The lowest BCUT2D eigenvalue weighted by atomic mass is 9.85. The largest absolute Gasteiger partial charge is 0.321 e. The molecule has 6 nitrogen and oxygen atoms in total. The van der Waals surface area contributed by atoms with Crippen LogP contribution in [0.25, 0.3) is 0 Å². The lowest BCUT2D eigenvalue weighted by molar-refractivity contribution is 0.249. The van der Waals surface area contributed by atoms with Crippen molar-refractivity contribution in [2.75, 3.05) is 18.5 Å². The second kappa shape index (κ2) is 5.85. The second-order valence-electron chi connectivity index (χ2n) is 4.75. The molecule has 7 heteroatoms. The predicted octanol–water partition coefficient (Wildman–Crippen LogP) is 1.18. The standard InChI is InChI=1S/C12H20N4O2S/c1-2-16(9-10-5-3-6-10)19(17,18)12-11(15-13)7-4-8-14-12/h4,7-8,10,15H,2-3,5-6,9,13H2,1H3. The molecule has 0 aliphatic heterocycles. The van der Waals surface area contributed by atoms with Crippen molar-refractivity contribution < 1.29 is 8.42 Å². The van der Waals surface area contributed by atoms with Crippen molar-refractivity contribution in [1.82, 2.24) is 9.29 Å². The molecule has 1 heterocycles. The van der Waals surface area contributed by atoms with Gasteiger partial charge in [0.1, 0.15) is 0 Å². The number of nitrogens with one attached hydrogen (secondary N) is 1. The molecule has 0 spiro atoms. The van der Waals surface area contributed by atoms with Crippen molar-refractivity contribution in [2.24, 2.45) is 11.8 Å². The SMILES string of the molecule is CCN(CC1CCC1)S(=O)(=O)c1ncccc1NN. The van der Waals surface area contributed by atoms with E-state index in [4.69, 9.17) is 5.84 Å². The summed E-state index contributed by atoms with van der Waals surface area (Å²) in [6.07, 6.45) is 4.87. The van der Waals surface area contributed by atoms with Crippen LogP contribution in [0.3, 0.4) is 0 Å². The lowest BCUT2D eigenvalue weighted by Gasteiger charge is -2.31. The van der Waals surface area contributed by atoms with Crippen molar-refractivity contribution in [1.29, 1.82) is 0 Å². The van der Waals surface area contributed by atoms with Crippen LogP contribution in [0, 0.1) is 5.92 Å². The van der Waals surface area contributed by atoms with Gasteiger partial charge in [-0.1, -0.05) is 13.3 Å². The van der Waals surface area contributed by atoms with Crippen molar-refractivity contribution in [3.8, 4) is 0 Å². The van der Waals surface area contributed by atoms with Gasteiger partial charge in [0.05, 0.1) is 5.69 Å². The Labute approximate surface area is 114 Å². The minimum atomic E-state index is -3.59. The maximum atomic E-state index is 12.6. The summed E-state index contributed by atoms with van der Waals surface area (Å²) in [5, 5.41) is -0.00123. The molecular formula is C12H20N4O2S. The third-order valence-corrected chi connectivity index (χ3v) is 5.45. The number of sulfonamides is 1. The Kier molecular flexibility index (Phi) is 4.38. The zero-order valence-electron chi connectivity index (χ0n) is 11.0. The average molecular weight is 284 g/mol. The highest BCUT2D eigenvalue weighted by Gasteiger charge is 2.30. The number of pyridine rings is 1.